The van der Waals surface area contributed by atoms with E-state index in [0.717, 1.165) is 35.6 Å². The lowest BCUT2D eigenvalue weighted by Gasteiger charge is -2.12. The van der Waals surface area contributed by atoms with E-state index in [0.29, 0.717) is 11.3 Å². The third-order valence-corrected chi connectivity index (χ3v) is 5.19. The van der Waals surface area contributed by atoms with Gasteiger partial charge in [0.2, 0.25) is 0 Å². The van der Waals surface area contributed by atoms with Crippen molar-refractivity contribution in [2.75, 3.05) is 0 Å². The van der Waals surface area contributed by atoms with Crippen LogP contribution in [-0.2, 0) is 6.42 Å². The molecular weight excluding hydrogens is 346 g/mol. The number of aliphatic hydroxyl groups is 1. The Hall–Kier alpha value is -3.05. The number of imidazole rings is 1. The fraction of sp³-hybridized carbons (Fsp3) is 0.136. The third kappa shape index (κ3) is 2.62. The predicted octanol–water partition coefficient (Wildman–Crippen LogP) is 4.93. The van der Waals surface area contributed by atoms with Crippen LogP contribution in [-0.4, -0.2) is 14.5 Å². The highest BCUT2D eigenvalue weighted by Crippen LogP contribution is 2.38. The number of hydrogen-bond donors (Lipinski definition) is 1. The van der Waals surface area contributed by atoms with Crippen LogP contribution in [0.3, 0.4) is 0 Å². The molecule has 1 unspecified atom stereocenters. The van der Waals surface area contributed by atoms with Crippen molar-refractivity contribution in [1.82, 2.24) is 9.38 Å². The lowest BCUT2D eigenvalue weighted by atomic mass is 9.97. The molecule has 27 heavy (non-hydrogen) atoms. The summed E-state index contributed by atoms with van der Waals surface area (Å²) in [6.07, 6.45) is 4.83. The molecule has 0 saturated carbocycles. The molecule has 2 aromatic carbocycles. The zero-order chi connectivity index (χ0) is 18.5. The first-order valence-electron chi connectivity index (χ1n) is 8.84. The first-order chi connectivity index (χ1) is 13.1. The Bertz CT molecular complexity index is 1180. The molecule has 0 amide bonds. The zero-order valence-electron chi connectivity index (χ0n) is 14.4. The Kier molecular flexibility index (Phi) is 3.58. The van der Waals surface area contributed by atoms with Crippen molar-refractivity contribution in [2.24, 2.45) is 0 Å². The molecule has 134 valence electrons. The minimum atomic E-state index is -0.636. The van der Waals surface area contributed by atoms with E-state index in [1.165, 1.54) is 17.7 Å². The van der Waals surface area contributed by atoms with Gasteiger partial charge in [-0.2, -0.15) is 0 Å². The van der Waals surface area contributed by atoms with Crippen LogP contribution in [0.15, 0.2) is 60.9 Å². The number of aryl methyl sites for hydroxylation is 1. The van der Waals surface area contributed by atoms with Crippen molar-refractivity contribution in [3.63, 3.8) is 0 Å². The number of halogens is 2. The van der Waals surface area contributed by atoms with E-state index in [9.17, 15) is 13.9 Å². The Morgan fingerprint density at radius 1 is 1.00 bits per heavy atom. The van der Waals surface area contributed by atoms with Crippen molar-refractivity contribution in [1.29, 1.82) is 0 Å². The average molecular weight is 362 g/mol. The van der Waals surface area contributed by atoms with E-state index >= 15 is 0 Å². The van der Waals surface area contributed by atoms with Crippen LogP contribution >= 0.6 is 0 Å². The molecule has 2 heterocycles. The molecule has 0 fully saturated rings. The molecule has 0 aliphatic heterocycles. The van der Waals surface area contributed by atoms with Gasteiger partial charge < -0.3 is 9.51 Å². The van der Waals surface area contributed by atoms with Crippen LogP contribution in [0.2, 0.25) is 0 Å². The molecule has 1 aliphatic rings. The highest BCUT2D eigenvalue weighted by Gasteiger charge is 2.24. The first-order valence-corrected chi connectivity index (χ1v) is 8.84. The summed E-state index contributed by atoms with van der Waals surface area (Å²) in [4.78, 5) is 4.45. The molecule has 1 N–H and O–H groups in total. The second-order valence-electron chi connectivity index (χ2n) is 6.87. The largest absolute Gasteiger partial charge is 0.388 e. The van der Waals surface area contributed by atoms with E-state index in [1.807, 2.05) is 34.9 Å². The zero-order valence-corrected chi connectivity index (χ0v) is 14.4. The summed E-state index contributed by atoms with van der Waals surface area (Å²) >= 11 is 0. The number of pyridine rings is 1. The minimum absolute atomic E-state index is 0.262. The van der Waals surface area contributed by atoms with E-state index in [1.54, 1.807) is 6.20 Å². The summed E-state index contributed by atoms with van der Waals surface area (Å²) in [5, 5.41) is 10.4. The number of rotatable bonds is 2. The number of aliphatic hydroxyl groups excluding tert-OH is 1. The Morgan fingerprint density at radius 3 is 2.74 bits per heavy atom. The first kappa shape index (κ1) is 16.1. The standard InChI is InChI=1S/C22H16F2N2O/c23-15-6-7-17(18(24)10-15)19-12-26-11-14(5-9-21(26)25-19)16-3-1-2-13-4-8-20(27)22(13)16/h1-3,5-7,9-12,20,27H,4,8H2. The molecule has 0 saturated heterocycles. The second-order valence-corrected chi connectivity index (χ2v) is 6.87. The summed E-state index contributed by atoms with van der Waals surface area (Å²) in [6, 6.07) is 13.4. The van der Waals surface area contributed by atoms with Crippen molar-refractivity contribution in [3.8, 4) is 22.4 Å². The number of aromatic nitrogens is 2. The maximum Gasteiger partial charge on any atom is 0.137 e. The van der Waals surface area contributed by atoms with Crippen molar-refractivity contribution >= 4 is 5.65 Å². The summed E-state index contributed by atoms with van der Waals surface area (Å²) in [5.74, 6) is -1.25. The maximum atomic E-state index is 14.1. The monoisotopic (exact) mass is 362 g/mol. The fourth-order valence-electron chi connectivity index (χ4n) is 3.89. The van der Waals surface area contributed by atoms with E-state index in [-0.39, 0.29) is 5.56 Å². The lowest BCUT2D eigenvalue weighted by Crippen LogP contribution is -1.95. The molecule has 5 heteroatoms. The quantitative estimate of drug-likeness (QED) is 0.549. The average Bonchev–Trinajstić information content (AvgIpc) is 3.24. The Balaban J connectivity index is 1.63. The molecular formula is C22H16F2N2O. The Labute approximate surface area is 154 Å². The molecule has 5 rings (SSSR count). The highest BCUT2D eigenvalue weighted by molar-refractivity contribution is 5.72. The lowest BCUT2D eigenvalue weighted by molar-refractivity contribution is 0.180. The van der Waals surface area contributed by atoms with Gasteiger partial charge in [-0.15, -0.1) is 0 Å². The molecule has 0 bridgehead atoms. The molecule has 2 aromatic heterocycles. The number of hydrogen-bond acceptors (Lipinski definition) is 2. The van der Waals surface area contributed by atoms with Crippen molar-refractivity contribution < 1.29 is 13.9 Å². The molecule has 0 radical (unpaired) electrons. The van der Waals surface area contributed by atoms with Gasteiger partial charge in [0.1, 0.15) is 17.3 Å². The van der Waals surface area contributed by atoms with Crippen molar-refractivity contribution in [3.05, 3.63) is 83.7 Å². The third-order valence-electron chi connectivity index (χ3n) is 5.19. The smallest absolute Gasteiger partial charge is 0.137 e. The van der Waals surface area contributed by atoms with Crippen LogP contribution in [0, 0.1) is 11.6 Å². The fourth-order valence-corrected chi connectivity index (χ4v) is 3.89. The van der Waals surface area contributed by atoms with Gasteiger partial charge in [-0.05, 0) is 59.4 Å². The van der Waals surface area contributed by atoms with Gasteiger partial charge >= 0.3 is 0 Å². The maximum absolute atomic E-state index is 14.1. The molecule has 3 nitrogen and oxygen atoms in total. The molecule has 4 aromatic rings. The van der Waals surface area contributed by atoms with E-state index in [4.69, 9.17) is 0 Å². The van der Waals surface area contributed by atoms with Crippen LogP contribution in [0.5, 0.6) is 0 Å². The second kappa shape index (κ2) is 5.99. The molecule has 0 spiro atoms. The summed E-state index contributed by atoms with van der Waals surface area (Å²) in [5.41, 5.74) is 5.51. The van der Waals surface area contributed by atoms with Crippen LogP contribution in [0.25, 0.3) is 28.0 Å². The number of fused-ring (bicyclic) bond motifs is 2. The number of benzene rings is 2. The SMILES string of the molecule is OC1CCc2cccc(-c3ccc4nc(-c5ccc(F)cc5F)cn4c3)c21. The van der Waals surface area contributed by atoms with Gasteiger partial charge in [-0.3, -0.25) is 0 Å². The van der Waals surface area contributed by atoms with Crippen LogP contribution in [0.1, 0.15) is 23.7 Å². The van der Waals surface area contributed by atoms with Gasteiger partial charge in [0.05, 0.1) is 11.8 Å². The van der Waals surface area contributed by atoms with Gasteiger partial charge in [0.15, 0.2) is 0 Å². The summed E-state index contributed by atoms with van der Waals surface area (Å²) in [7, 11) is 0. The molecule has 1 aliphatic carbocycles. The van der Waals surface area contributed by atoms with Gasteiger partial charge in [0.25, 0.3) is 0 Å². The highest BCUT2D eigenvalue weighted by atomic mass is 19.1. The summed E-state index contributed by atoms with van der Waals surface area (Å²) in [6.45, 7) is 0. The van der Waals surface area contributed by atoms with E-state index < -0.39 is 17.7 Å². The normalized spacial score (nSPS) is 16.0. The van der Waals surface area contributed by atoms with Gasteiger partial charge in [0, 0.05) is 24.0 Å². The Morgan fingerprint density at radius 2 is 1.89 bits per heavy atom. The van der Waals surface area contributed by atoms with Crippen LogP contribution in [0.4, 0.5) is 8.78 Å². The van der Waals surface area contributed by atoms with E-state index in [2.05, 4.69) is 11.1 Å². The van der Waals surface area contributed by atoms with Crippen molar-refractivity contribution in [2.45, 2.75) is 18.9 Å². The van der Waals surface area contributed by atoms with Crippen LogP contribution < -0.4 is 0 Å². The predicted molar refractivity (Wildman–Crippen MR) is 99.3 cm³/mol. The minimum Gasteiger partial charge on any atom is -0.388 e. The topological polar surface area (TPSA) is 37.5 Å². The van der Waals surface area contributed by atoms with Gasteiger partial charge in [-0.1, -0.05) is 18.2 Å². The van der Waals surface area contributed by atoms with Gasteiger partial charge in [-0.25, -0.2) is 13.8 Å². The number of nitrogens with zero attached hydrogens (tertiary/aromatic N) is 2. The summed E-state index contributed by atoms with van der Waals surface area (Å²) < 4.78 is 29.1. The molecule has 1 atom stereocenters.